The van der Waals surface area contributed by atoms with Gasteiger partial charge in [0.05, 0.1) is 37.1 Å². The fourth-order valence-electron chi connectivity index (χ4n) is 4.20. The quantitative estimate of drug-likeness (QED) is 0.176. The Morgan fingerprint density at radius 3 is 2.46 bits per heavy atom. The summed E-state index contributed by atoms with van der Waals surface area (Å²) in [5, 5.41) is 21.6. The van der Waals surface area contributed by atoms with Crippen LogP contribution in [0.4, 0.5) is 5.13 Å². The van der Waals surface area contributed by atoms with Gasteiger partial charge in [-0.1, -0.05) is 17.4 Å². The average molecular weight is 553 g/mol. The van der Waals surface area contributed by atoms with E-state index in [-0.39, 0.29) is 39.8 Å². The molecule has 1 atom stereocenters. The summed E-state index contributed by atoms with van der Waals surface area (Å²) < 4.78 is 16.0. The second-order valence-electron chi connectivity index (χ2n) is 8.92. The van der Waals surface area contributed by atoms with Gasteiger partial charge in [0.25, 0.3) is 5.78 Å². The number of anilines is 1. The number of phenolic OH excluding ortho intramolecular Hbond substituents is 1. The highest BCUT2D eigenvalue weighted by Gasteiger charge is 2.48. The summed E-state index contributed by atoms with van der Waals surface area (Å²) >= 11 is 0.905. The lowest BCUT2D eigenvalue weighted by Crippen LogP contribution is -2.29. The molecule has 4 rings (SSSR count). The Morgan fingerprint density at radius 1 is 1.15 bits per heavy atom. The van der Waals surface area contributed by atoms with E-state index < -0.39 is 29.5 Å². The first-order valence-electron chi connectivity index (χ1n) is 12.2. The number of phenols is 1. The number of amides is 1. The number of hydrogen-bond donors (Lipinski definition) is 2. The summed E-state index contributed by atoms with van der Waals surface area (Å²) in [7, 11) is 1.37. The number of benzene rings is 2. The van der Waals surface area contributed by atoms with Crippen LogP contribution in [0.15, 0.2) is 48.0 Å². The topological polar surface area (TPSA) is 135 Å². The summed E-state index contributed by atoms with van der Waals surface area (Å²) in [6.07, 6.45) is -0.0551. The fourth-order valence-corrected chi connectivity index (χ4v) is 5.19. The highest BCUT2D eigenvalue weighted by molar-refractivity contribution is 7.17. The van der Waals surface area contributed by atoms with Gasteiger partial charge in [-0.15, -0.1) is 0 Å². The van der Waals surface area contributed by atoms with Gasteiger partial charge >= 0.3 is 11.9 Å². The third-order valence-electron chi connectivity index (χ3n) is 5.92. The maximum atomic E-state index is 13.4. The molecule has 1 aromatic heterocycles. The van der Waals surface area contributed by atoms with Crippen LogP contribution >= 0.6 is 11.3 Å². The molecule has 2 aromatic carbocycles. The molecule has 1 fully saturated rings. The van der Waals surface area contributed by atoms with Crippen molar-refractivity contribution in [1.29, 1.82) is 0 Å². The number of ether oxygens (including phenoxy) is 3. The summed E-state index contributed by atoms with van der Waals surface area (Å²) in [6.45, 7) is 7.20. The van der Waals surface area contributed by atoms with Crippen LogP contribution in [0.2, 0.25) is 0 Å². The van der Waals surface area contributed by atoms with Crippen molar-refractivity contribution >= 4 is 39.9 Å². The van der Waals surface area contributed by atoms with Gasteiger partial charge in [-0.25, -0.2) is 9.78 Å². The van der Waals surface area contributed by atoms with Gasteiger partial charge in [-0.3, -0.25) is 14.5 Å². The molecular formula is C28H28N2O8S. The first kappa shape index (κ1) is 27.6. The maximum absolute atomic E-state index is 13.4. The molecule has 0 saturated carbocycles. The number of Topliss-reactive ketones (excluding diaryl/α,β-unsaturated/α-hetero) is 1. The van der Waals surface area contributed by atoms with Gasteiger partial charge in [0.1, 0.15) is 16.4 Å². The summed E-state index contributed by atoms with van der Waals surface area (Å²) in [5.41, 5.74) is 0.812. The number of esters is 1. The molecule has 1 amide bonds. The Balaban J connectivity index is 1.89. The lowest BCUT2D eigenvalue weighted by Gasteiger charge is -2.23. The molecule has 11 heteroatoms. The van der Waals surface area contributed by atoms with Crippen molar-refractivity contribution in [2.75, 3.05) is 18.6 Å². The number of carbonyl (C=O) groups excluding carboxylic acids is 3. The van der Waals surface area contributed by atoms with Crippen molar-refractivity contribution in [3.05, 3.63) is 69.7 Å². The predicted octanol–water partition coefficient (Wildman–Crippen LogP) is 4.76. The number of carbonyl (C=O) groups is 3. The molecule has 1 saturated heterocycles. The van der Waals surface area contributed by atoms with Crippen molar-refractivity contribution in [1.82, 2.24) is 4.98 Å². The number of aryl methyl sites for hydroxylation is 1. The zero-order valence-electron chi connectivity index (χ0n) is 22.0. The SMILES string of the molecule is CCOC(=O)c1sc(N2C(=O)C(=O)/C(=C(/O)c3ccc(OC(C)C)cc3)C2c2ccc(O)c(OC)c2)nc1C. The Bertz CT molecular complexity index is 1460. The van der Waals surface area contributed by atoms with Crippen LogP contribution in [0.3, 0.4) is 0 Å². The number of aliphatic hydroxyl groups excluding tert-OH is 1. The van der Waals surface area contributed by atoms with Crippen LogP contribution < -0.4 is 14.4 Å². The molecule has 3 aromatic rings. The third-order valence-corrected chi connectivity index (χ3v) is 7.05. The van der Waals surface area contributed by atoms with Crippen LogP contribution in [0.5, 0.6) is 17.2 Å². The molecule has 2 N–H and O–H groups in total. The van der Waals surface area contributed by atoms with E-state index in [9.17, 15) is 24.6 Å². The molecule has 0 bridgehead atoms. The number of ketones is 1. The number of rotatable bonds is 8. The van der Waals surface area contributed by atoms with E-state index in [0.717, 1.165) is 16.2 Å². The van der Waals surface area contributed by atoms with Crippen LogP contribution in [-0.4, -0.2) is 52.7 Å². The molecular weight excluding hydrogens is 524 g/mol. The largest absolute Gasteiger partial charge is 0.507 e. The number of aromatic hydroxyl groups is 1. The zero-order chi connectivity index (χ0) is 28.4. The Labute approximate surface area is 229 Å². The number of hydrogen-bond acceptors (Lipinski definition) is 10. The monoisotopic (exact) mass is 552 g/mol. The summed E-state index contributed by atoms with van der Waals surface area (Å²) in [4.78, 5) is 45.0. The molecule has 0 radical (unpaired) electrons. The van der Waals surface area contributed by atoms with E-state index in [0.29, 0.717) is 22.6 Å². The molecule has 1 unspecified atom stereocenters. The van der Waals surface area contributed by atoms with Gasteiger partial charge in [-0.05, 0) is 69.7 Å². The minimum absolute atomic E-state index is 0.0551. The van der Waals surface area contributed by atoms with E-state index in [1.165, 1.54) is 25.3 Å². The standard InChI is InChI=1S/C28H28N2O8S/c1-6-37-27(35)25-15(4)29-28(39-25)30-22(17-9-12-19(31)20(13-17)36-5)21(24(33)26(30)34)23(32)16-7-10-18(11-8-16)38-14(2)3/h7-14,22,31-32H,6H2,1-5H3/b23-21+. The third kappa shape index (κ3) is 5.30. The lowest BCUT2D eigenvalue weighted by atomic mass is 9.95. The molecule has 2 heterocycles. The first-order valence-corrected chi connectivity index (χ1v) is 13.0. The highest BCUT2D eigenvalue weighted by atomic mass is 32.1. The van der Waals surface area contributed by atoms with Gasteiger partial charge in [0, 0.05) is 5.56 Å². The number of methoxy groups -OCH3 is 1. The average Bonchev–Trinajstić information content (AvgIpc) is 3.41. The first-order chi connectivity index (χ1) is 18.6. The highest BCUT2D eigenvalue weighted by Crippen LogP contribution is 2.45. The van der Waals surface area contributed by atoms with Crippen molar-refractivity contribution in [3.8, 4) is 17.2 Å². The molecule has 39 heavy (non-hydrogen) atoms. The van der Waals surface area contributed by atoms with E-state index in [2.05, 4.69) is 4.98 Å². The predicted molar refractivity (Wildman–Crippen MR) is 144 cm³/mol. The van der Waals surface area contributed by atoms with Crippen LogP contribution in [0.25, 0.3) is 5.76 Å². The van der Waals surface area contributed by atoms with Crippen molar-refractivity contribution in [2.45, 2.75) is 39.8 Å². The molecule has 0 spiro atoms. The van der Waals surface area contributed by atoms with Crippen molar-refractivity contribution in [3.63, 3.8) is 0 Å². The summed E-state index contributed by atoms with van der Waals surface area (Å²) in [5.74, 6) is -2.32. The Morgan fingerprint density at radius 2 is 1.85 bits per heavy atom. The molecule has 1 aliphatic rings. The van der Waals surface area contributed by atoms with E-state index in [1.54, 1.807) is 38.1 Å². The molecule has 10 nitrogen and oxygen atoms in total. The normalized spacial score (nSPS) is 16.6. The number of aromatic nitrogens is 1. The smallest absolute Gasteiger partial charge is 0.350 e. The zero-order valence-corrected chi connectivity index (χ0v) is 22.9. The van der Waals surface area contributed by atoms with Gasteiger partial charge in [-0.2, -0.15) is 0 Å². The van der Waals surface area contributed by atoms with E-state index in [4.69, 9.17) is 14.2 Å². The molecule has 1 aliphatic heterocycles. The minimum atomic E-state index is -1.13. The van der Waals surface area contributed by atoms with Gasteiger partial charge in [0.15, 0.2) is 16.6 Å². The number of nitrogens with zero attached hydrogens (tertiary/aromatic N) is 2. The minimum Gasteiger partial charge on any atom is -0.507 e. The Hall–Kier alpha value is -4.38. The maximum Gasteiger partial charge on any atom is 0.350 e. The van der Waals surface area contributed by atoms with E-state index in [1.807, 2.05) is 13.8 Å². The lowest BCUT2D eigenvalue weighted by molar-refractivity contribution is -0.132. The summed E-state index contributed by atoms with van der Waals surface area (Å²) in [6, 6.07) is 9.69. The number of aliphatic hydroxyl groups is 1. The fraction of sp³-hybridized carbons (Fsp3) is 0.286. The number of thiazole rings is 1. The van der Waals surface area contributed by atoms with Gasteiger partial charge < -0.3 is 24.4 Å². The van der Waals surface area contributed by atoms with Gasteiger partial charge in [0.2, 0.25) is 0 Å². The van der Waals surface area contributed by atoms with Crippen molar-refractivity contribution < 1.29 is 38.8 Å². The van der Waals surface area contributed by atoms with E-state index >= 15 is 0 Å². The molecule has 204 valence electrons. The molecule has 0 aliphatic carbocycles. The van der Waals surface area contributed by atoms with Crippen LogP contribution in [0.1, 0.15) is 53.3 Å². The van der Waals surface area contributed by atoms with Crippen LogP contribution in [0, 0.1) is 6.92 Å². The van der Waals surface area contributed by atoms with Crippen LogP contribution in [-0.2, 0) is 14.3 Å². The second-order valence-corrected chi connectivity index (χ2v) is 9.90. The van der Waals surface area contributed by atoms with Crippen molar-refractivity contribution in [2.24, 2.45) is 0 Å². The Kier molecular flexibility index (Phi) is 7.91. The second kappa shape index (κ2) is 11.2.